The summed E-state index contributed by atoms with van der Waals surface area (Å²) >= 11 is 3.30. The number of nitrogens with two attached hydrogens (primary N) is 1. The van der Waals surface area contributed by atoms with Crippen molar-refractivity contribution in [2.75, 3.05) is 0 Å². The number of fused-ring (bicyclic) bond motifs is 1. The van der Waals surface area contributed by atoms with Gasteiger partial charge >= 0.3 is 5.69 Å². The molecule has 0 radical (unpaired) electrons. The molecule has 0 fully saturated rings. The van der Waals surface area contributed by atoms with E-state index in [9.17, 15) is 19.1 Å². The number of rotatable bonds is 3. The fourth-order valence-corrected chi connectivity index (χ4v) is 3.16. The van der Waals surface area contributed by atoms with Crippen molar-refractivity contribution in [3.63, 3.8) is 0 Å². The molecule has 2 aromatic carbocycles. The fourth-order valence-electron chi connectivity index (χ4n) is 2.80. The molecular formula is C18H11BrFN5O3. The van der Waals surface area contributed by atoms with E-state index in [1.165, 1.54) is 34.9 Å². The van der Waals surface area contributed by atoms with Gasteiger partial charge in [-0.05, 0) is 42.5 Å². The van der Waals surface area contributed by atoms with E-state index in [0.717, 1.165) is 0 Å². The Bertz CT molecular complexity index is 1300. The molecule has 0 aliphatic heterocycles. The molecule has 4 aromatic rings. The van der Waals surface area contributed by atoms with Gasteiger partial charge in [-0.15, -0.1) is 0 Å². The van der Waals surface area contributed by atoms with Crippen LogP contribution in [0.1, 0.15) is 10.5 Å². The first kappa shape index (κ1) is 17.9. The summed E-state index contributed by atoms with van der Waals surface area (Å²) in [7, 11) is 0. The second-order valence-corrected chi connectivity index (χ2v) is 6.78. The number of nitrogens with zero attached hydrogens (tertiary/aromatic N) is 3. The normalized spacial score (nSPS) is 11.1. The van der Waals surface area contributed by atoms with Gasteiger partial charge in [-0.1, -0.05) is 15.9 Å². The van der Waals surface area contributed by atoms with E-state index in [0.29, 0.717) is 10.2 Å². The summed E-state index contributed by atoms with van der Waals surface area (Å²) in [5.74, 6) is -1.47. The van der Waals surface area contributed by atoms with Crippen LogP contribution in [0.3, 0.4) is 0 Å². The highest BCUT2D eigenvalue weighted by molar-refractivity contribution is 9.10. The lowest BCUT2D eigenvalue weighted by Crippen LogP contribution is -2.15. The van der Waals surface area contributed by atoms with Crippen LogP contribution < -0.4 is 11.4 Å². The lowest BCUT2D eigenvalue weighted by atomic mass is 10.2. The molecule has 0 spiro atoms. The molecular weight excluding hydrogens is 433 g/mol. The molecule has 4 N–H and O–H groups in total. The van der Waals surface area contributed by atoms with E-state index in [1.807, 2.05) is 0 Å². The molecule has 10 heteroatoms. The number of carbonyl (C=O) groups excluding carboxylic acids is 1. The monoisotopic (exact) mass is 443 g/mol. The number of halogens is 2. The Hall–Kier alpha value is -3.53. The number of nitrogens with one attached hydrogen (secondary N) is 1. The van der Waals surface area contributed by atoms with E-state index in [-0.39, 0.29) is 34.0 Å². The van der Waals surface area contributed by atoms with Crippen molar-refractivity contribution in [3.8, 4) is 22.8 Å². The van der Waals surface area contributed by atoms with Crippen LogP contribution in [-0.2, 0) is 0 Å². The van der Waals surface area contributed by atoms with Crippen LogP contribution in [0.5, 0.6) is 5.75 Å². The molecule has 0 aliphatic rings. The zero-order chi connectivity index (χ0) is 20.0. The lowest BCUT2D eigenvalue weighted by molar-refractivity contribution is 0.0997. The van der Waals surface area contributed by atoms with Gasteiger partial charge in [0.15, 0.2) is 17.2 Å². The summed E-state index contributed by atoms with van der Waals surface area (Å²) in [4.78, 5) is 35.4. The third-order valence-electron chi connectivity index (χ3n) is 4.05. The summed E-state index contributed by atoms with van der Waals surface area (Å²) in [6, 6.07) is 9.79. The van der Waals surface area contributed by atoms with Gasteiger partial charge in [0.1, 0.15) is 17.1 Å². The zero-order valence-corrected chi connectivity index (χ0v) is 15.6. The number of phenolic OH excluding ortho intramolecular Hbond substituents is 1. The standard InChI is InChI=1S/C18H11BrFN5O3/c19-8-1-6-12(26)11(7-8)16-22-13(15(21)27)14-17(24-16)25(18(28)23-14)10-4-2-9(20)3-5-10/h1-7,26H,(H2,21,27)(H,23,28). The number of hydrogen-bond donors (Lipinski definition) is 3. The van der Waals surface area contributed by atoms with Crippen LogP contribution in [-0.4, -0.2) is 30.5 Å². The van der Waals surface area contributed by atoms with Crippen molar-refractivity contribution in [3.05, 3.63) is 68.9 Å². The largest absolute Gasteiger partial charge is 0.507 e. The number of H-pyrrole nitrogens is 1. The molecule has 0 bridgehead atoms. The van der Waals surface area contributed by atoms with Gasteiger partial charge in [-0.2, -0.15) is 0 Å². The highest BCUT2D eigenvalue weighted by atomic mass is 79.9. The Morgan fingerprint density at radius 3 is 2.57 bits per heavy atom. The van der Waals surface area contributed by atoms with Gasteiger partial charge < -0.3 is 15.8 Å². The minimum absolute atomic E-state index is 0.00467. The van der Waals surface area contributed by atoms with E-state index >= 15 is 0 Å². The Balaban J connectivity index is 2.08. The van der Waals surface area contributed by atoms with Gasteiger partial charge in [-0.3, -0.25) is 4.79 Å². The average Bonchev–Trinajstić information content (AvgIpc) is 2.99. The molecule has 140 valence electrons. The molecule has 0 unspecified atom stereocenters. The first-order chi connectivity index (χ1) is 13.3. The second kappa shape index (κ2) is 6.57. The molecule has 4 rings (SSSR count). The summed E-state index contributed by atoms with van der Waals surface area (Å²) in [5, 5.41) is 10.2. The van der Waals surface area contributed by atoms with Crippen molar-refractivity contribution < 1.29 is 14.3 Å². The number of primary amides is 1. The van der Waals surface area contributed by atoms with Gasteiger partial charge in [0.05, 0.1) is 11.3 Å². The van der Waals surface area contributed by atoms with Crippen LogP contribution in [0.15, 0.2) is 51.7 Å². The smallest absolute Gasteiger partial charge is 0.332 e. The van der Waals surface area contributed by atoms with Gasteiger partial charge in [-0.25, -0.2) is 23.7 Å². The van der Waals surface area contributed by atoms with Gasteiger partial charge in [0, 0.05) is 4.47 Å². The highest BCUT2D eigenvalue weighted by Crippen LogP contribution is 2.31. The minimum Gasteiger partial charge on any atom is -0.507 e. The first-order valence-corrected chi connectivity index (χ1v) is 8.72. The number of aromatic hydroxyl groups is 1. The van der Waals surface area contributed by atoms with Crippen molar-refractivity contribution in [1.82, 2.24) is 19.5 Å². The molecule has 0 saturated carbocycles. The number of aromatic nitrogens is 4. The minimum atomic E-state index is -0.879. The van der Waals surface area contributed by atoms with E-state index in [4.69, 9.17) is 5.73 Å². The maximum absolute atomic E-state index is 13.3. The molecule has 0 aliphatic carbocycles. The number of phenols is 1. The van der Waals surface area contributed by atoms with E-state index in [2.05, 4.69) is 30.9 Å². The van der Waals surface area contributed by atoms with Crippen molar-refractivity contribution >= 4 is 33.0 Å². The Kier molecular flexibility index (Phi) is 4.19. The van der Waals surface area contributed by atoms with Gasteiger partial charge in [0.2, 0.25) is 0 Å². The first-order valence-electron chi connectivity index (χ1n) is 7.92. The number of imidazole rings is 1. The number of amides is 1. The van der Waals surface area contributed by atoms with E-state index < -0.39 is 17.4 Å². The lowest BCUT2D eigenvalue weighted by Gasteiger charge is -2.08. The van der Waals surface area contributed by atoms with Crippen LogP contribution in [0, 0.1) is 5.82 Å². The summed E-state index contributed by atoms with van der Waals surface area (Å²) < 4.78 is 15.1. The molecule has 28 heavy (non-hydrogen) atoms. The molecule has 2 heterocycles. The zero-order valence-electron chi connectivity index (χ0n) is 14.0. The van der Waals surface area contributed by atoms with Crippen LogP contribution >= 0.6 is 15.9 Å². The van der Waals surface area contributed by atoms with E-state index in [1.54, 1.807) is 12.1 Å². The number of benzene rings is 2. The van der Waals surface area contributed by atoms with Crippen molar-refractivity contribution in [1.29, 1.82) is 0 Å². The maximum Gasteiger partial charge on any atom is 0.332 e. The Morgan fingerprint density at radius 2 is 1.89 bits per heavy atom. The SMILES string of the molecule is NC(=O)c1nc(-c2cc(Br)ccc2O)nc2c1[nH]c(=O)n2-c1ccc(F)cc1. The summed E-state index contributed by atoms with van der Waals surface area (Å²) in [6.07, 6.45) is 0. The van der Waals surface area contributed by atoms with Crippen LogP contribution in [0.25, 0.3) is 28.2 Å². The van der Waals surface area contributed by atoms with Crippen molar-refractivity contribution in [2.45, 2.75) is 0 Å². The number of aromatic amines is 1. The summed E-state index contributed by atoms with van der Waals surface area (Å²) in [6.45, 7) is 0. The molecule has 0 atom stereocenters. The number of hydrogen-bond acceptors (Lipinski definition) is 5. The Labute approximate surface area is 164 Å². The fraction of sp³-hybridized carbons (Fsp3) is 0. The maximum atomic E-state index is 13.3. The molecule has 0 saturated heterocycles. The third kappa shape index (κ3) is 2.93. The predicted molar refractivity (Wildman–Crippen MR) is 103 cm³/mol. The highest BCUT2D eigenvalue weighted by Gasteiger charge is 2.21. The van der Waals surface area contributed by atoms with Crippen molar-refractivity contribution in [2.24, 2.45) is 5.73 Å². The van der Waals surface area contributed by atoms with Crippen LogP contribution in [0.4, 0.5) is 4.39 Å². The quantitative estimate of drug-likeness (QED) is 0.448. The predicted octanol–water partition coefficient (Wildman–Crippen LogP) is 2.48. The molecule has 8 nitrogen and oxygen atoms in total. The second-order valence-electron chi connectivity index (χ2n) is 5.86. The topological polar surface area (TPSA) is 127 Å². The number of carbonyl (C=O) groups is 1. The molecule has 2 aromatic heterocycles. The third-order valence-corrected chi connectivity index (χ3v) is 4.55. The summed E-state index contributed by atoms with van der Waals surface area (Å²) in [5.41, 5.74) is 5.29. The Morgan fingerprint density at radius 1 is 1.18 bits per heavy atom. The van der Waals surface area contributed by atoms with Gasteiger partial charge in [0.25, 0.3) is 5.91 Å². The molecule has 1 amide bonds. The van der Waals surface area contributed by atoms with Crippen LogP contribution in [0.2, 0.25) is 0 Å². The average molecular weight is 444 g/mol.